The van der Waals surface area contributed by atoms with Gasteiger partial charge in [0.2, 0.25) is 5.91 Å². The van der Waals surface area contributed by atoms with E-state index < -0.39 is 18.1 Å². The second kappa shape index (κ2) is 4.61. The smallest absolute Gasteiger partial charge is 0.326 e. The van der Waals surface area contributed by atoms with Gasteiger partial charge in [-0.25, -0.2) is 4.79 Å². The van der Waals surface area contributed by atoms with Crippen molar-refractivity contribution >= 4 is 11.9 Å². The number of likely N-dealkylation sites (tertiary alicyclic amines) is 1. The summed E-state index contributed by atoms with van der Waals surface area (Å²) in [6, 6.07) is -1.27. The standard InChI is InChI=1S/C10H18N2O3/c1-6(2)8(11)9(13)12-5-3-4-7(12)10(14)15/h6-8H,3-5,11H2,1-2H3,(H,14,15). The van der Waals surface area contributed by atoms with Crippen LogP contribution in [-0.4, -0.2) is 40.5 Å². The number of carboxylic acid groups (broad SMARTS) is 1. The average molecular weight is 214 g/mol. The van der Waals surface area contributed by atoms with E-state index >= 15 is 0 Å². The molecule has 0 aromatic rings. The highest BCUT2D eigenvalue weighted by Gasteiger charge is 2.36. The van der Waals surface area contributed by atoms with Gasteiger partial charge in [0.05, 0.1) is 6.04 Å². The van der Waals surface area contributed by atoms with Gasteiger partial charge in [-0.2, -0.15) is 0 Å². The van der Waals surface area contributed by atoms with Crippen LogP contribution in [0.4, 0.5) is 0 Å². The molecule has 0 bridgehead atoms. The fourth-order valence-corrected chi connectivity index (χ4v) is 1.76. The molecule has 0 aliphatic carbocycles. The highest BCUT2D eigenvalue weighted by Crippen LogP contribution is 2.19. The van der Waals surface area contributed by atoms with Gasteiger partial charge in [-0.1, -0.05) is 13.8 Å². The quantitative estimate of drug-likeness (QED) is 0.695. The first-order valence-corrected chi connectivity index (χ1v) is 5.24. The van der Waals surface area contributed by atoms with Crippen molar-refractivity contribution < 1.29 is 14.7 Å². The highest BCUT2D eigenvalue weighted by molar-refractivity contribution is 5.87. The van der Waals surface area contributed by atoms with Crippen LogP contribution in [-0.2, 0) is 9.59 Å². The van der Waals surface area contributed by atoms with E-state index in [4.69, 9.17) is 10.8 Å². The molecule has 86 valence electrons. The lowest BCUT2D eigenvalue weighted by Crippen LogP contribution is -2.50. The van der Waals surface area contributed by atoms with Gasteiger partial charge in [0.1, 0.15) is 6.04 Å². The Labute approximate surface area is 89.2 Å². The molecule has 1 aliphatic rings. The lowest BCUT2D eigenvalue weighted by molar-refractivity contribution is -0.149. The first kappa shape index (κ1) is 12.0. The summed E-state index contributed by atoms with van der Waals surface area (Å²) in [4.78, 5) is 24.1. The molecule has 1 aliphatic heterocycles. The second-order valence-corrected chi connectivity index (χ2v) is 4.30. The number of nitrogens with zero attached hydrogens (tertiary/aromatic N) is 1. The molecule has 5 heteroatoms. The van der Waals surface area contributed by atoms with Gasteiger partial charge in [-0.15, -0.1) is 0 Å². The zero-order chi connectivity index (χ0) is 11.6. The number of amides is 1. The van der Waals surface area contributed by atoms with Crippen LogP contribution in [0.15, 0.2) is 0 Å². The van der Waals surface area contributed by atoms with Crippen molar-refractivity contribution in [3.8, 4) is 0 Å². The molecule has 0 aromatic heterocycles. The van der Waals surface area contributed by atoms with Gasteiger partial charge in [0.15, 0.2) is 0 Å². The topological polar surface area (TPSA) is 83.6 Å². The molecule has 1 amide bonds. The number of aliphatic carboxylic acids is 1. The zero-order valence-corrected chi connectivity index (χ0v) is 9.14. The van der Waals surface area contributed by atoms with Crippen molar-refractivity contribution in [3.05, 3.63) is 0 Å². The first-order valence-electron chi connectivity index (χ1n) is 5.24. The first-order chi connectivity index (χ1) is 6.95. The number of carbonyl (C=O) groups is 2. The largest absolute Gasteiger partial charge is 0.480 e. The molecule has 1 rings (SSSR count). The van der Waals surface area contributed by atoms with E-state index in [-0.39, 0.29) is 11.8 Å². The molecular formula is C10H18N2O3. The average Bonchev–Trinajstić information content (AvgIpc) is 2.63. The fourth-order valence-electron chi connectivity index (χ4n) is 1.76. The van der Waals surface area contributed by atoms with Crippen molar-refractivity contribution in [1.82, 2.24) is 4.90 Å². The predicted molar refractivity (Wildman–Crippen MR) is 55.2 cm³/mol. The van der Waals surface area contributed by atoms with Crippen molar-refractivity contribution in [1.29, 1.82) is 0 Å². The maximum absolute atomic E-state index is 11.8. The molecule has 0 aromatic carbocycles. The third kappa shape index (κ3) is 2.47. The minimum absolute atomic E-state index is 0.0348. The molecule has 0 radical (unpaired) electrons. The number of rotatable bonds is 3. The summed E-state index contributed by atoms with van der Waals surface area (Å²) in [7, 11) is 0. The third-order valence-electron chi connectivity index (χ3n) is 2.82. The Hall–Kier alpha value is -1.10. The Morgan fingerprint density at radius 2 is 2.07 bits per heavy atom. The number of nitrogens with two attached hydrogens (primary N) is 1. The monoisotopic (exact) mass is 214 g/mol. The molecule has 1 heterocycles. The van der Waals surface area contributed by atoms with Crippen LogP contribution in [0.3, 0.4) is 0 Å². The predicted octanol–water partition coefficient (Wildman–Crippen LogP) is 0.0453. The lowest BCUT2D eigenvalue weighted by Gasteiger charge is -2.26. The summed E-state index contributed by atoms with van der Waals surface area (Å²) < 4.78 is 0. The zero-order valence-electron chi connectivity index (χ0n) is 9.14. The molecule has 0 saturated carbocycles. The van der Waals surface area contributed by atoms with Crippen LogP contribution in [0.25, 0.3) is 0 Å². The van der Waals surface area contributed by atoms with Gasteiger partial charge in [-0.3, -0.25) is 4.79 Å². The molecular weight excluding hydrogens is 196 g/mol. The number of hydrogen-bond acceptors (Lipinski definition) is 3. The summed E-state index contributed by atoms with van der Waals surface area (Å²) in [6.45, 7) is 4.22. The van der Waals surface area contributed by atoms with E-state index in [9.17, 15) is 9.59 Å². The van der Waals surface area contributed by atoms with E-state index in [0.717, 1.165) is 6.42 Å². The number of carboxylic acids is 1. The van der Waals surface area contributed by atoms with Gasteiger partial charge in [0.25, 0.3) is 0 Å². The maximum Gasteiger partial charge on any atom is 0.326 e. The van der Waals surface area contributed by atoms with Crippen LogP contribution < -0.4 is 5.73 Å². The number of hydrogen-bond donors (Lipinski definition) is 2. The highest BCUT2D eigenvalue weighted by atomic mass is 16.4. The van der Waals surface area contributed by atoms with Crippen molar-refractivity contribution in [3.63, 3.8) is 0 Å². The Morgan fingerprint density at radius 1 is 1.47 bits per heavy atom. The summed E-state index contributed by atoms with van der Waals surface area (Å²) in [5.41, 5.74) is 5.72. The van der Waals surface area contributed by atoms with Crippen molar-refractivity contribution in [2.24, 2.45) is 11.7 Å². The minimum atomic E-state index is -0.934. The molecule has 0 spiro atoms. The minimum Gasteiger partial charge on any atom is -0.480 e. The maximum atomic E-state index is 11.8. The van der Waals surface area contributed by atoms with Crippen LogP contribution in [0.2, 0.25) is 0 Å². The molecule has 1 saturated heterocycles. The molecule has 1 fully saturated rings. The fraction of sp³-hybridized carbons (Fsp3) is 0.800. The van der Waals surface area contributed by atoms with Crippen LogP contribution in [0, 0.1) is 5.92 Å². The molecule has 5 nitrogen and oxygen atoms in total. The van der Waals surface area contributed by atoms with Crippen molar-refractivity contribution in [2.45, 2.75) is 38.8 Å². The molecule has 15 heavy (non-hydrogen) atoms. The van der Waals surface area contributed by atoms with Gasteiger partial charge >= 0.3 is 5.97 Å². The Kier molecular flexibility index (Phi) is 3.68. The summed E-state index contributed by atoms with van der Waals surface area (Å²) >= 11 is 0. The summed E-state index contributed by atoms with van der Waals surface area (Å²) in [5.74, 6) is -1.14. The lowest BCUT2D eigenvalue weighted by atomic mass is 10.0. The second-order valence-electron chi connectivity index (χ2n) is 4.30. The Bertz CT molecular complexity index is 265. The summed E-state index contributed by atoms with van der Waals surface area (Å²) in [5, 5.41) is 8.92. The van der Waals surface area contributed by atoms with Crippen LogP contribution in [0.5, 0.6) is 0 Å². The molecule has 2 unspecified atom stereocenters. The normalized spacial score (nSPS) is 23.2. The SMILES string of the molecule is CC(C)C(N)C(=O)N1CCCC1C(=O)O. The summed E-state index contributed by atoms with van der Waals surface area (Å²) in [6.07, 6.45) is 1.28. The van der Waals surface area contributed by atoms with E-state index in [0.29, 0.717) is 13.0 Å². The van der Waals surface area contributed by atoms with E-state index in [1.165, 1.54) is 4.90 Å². The Morgan fingerprint density at radius 3 is 2.53 bits per heavy atom. The number of carbonyl (C=O) groups excluding carboxylic acids is 1. The van der Waals surface area contributed by atoms with Gasteiger partial charge in [0, 0.05) is 6.54 Å². The Balaban J connectivity index is 2.70. The van der Waals surface area contributed by atoms with Crippen LogP contribution in [0.1, 0.15) is 26.7 Å². The van der Waals surface area contributed by atoms with E-state index in [2.05, 4.69) is 0 Å². The van der Waals surface area contributed by atoms with Gasteiger partial charge in [-0.05, 0) is 18.8 Å². The van der Waals surface area contributed by atoms with Gasteiger partial charge < -0.3 is 15.7 Å². The van der Waals surface area contributed by atoms with E-state index in [1.54, 1.807) is 0 Å². The molecule has 3 N–H and O–H groups in total. The third-order valence-corrected chi connectivity index (χ3v) is 2.82. The van der Waals surface area contributed by atoms with E-state index in [1.807, 2.05) is 13.8 Å². The van der Waals surface area contributed by atoms with Crippen LogP contribution >= 0.6 is 0 Å². The van der Waals surface area contributed by atoms with Crippen molar-refractivity contribution in [2.75, 3.05) is 6.54 Å². The molecule has 2 atom stereocenters.